The summed E-state index contributed by atoms with van der Waals surface area (Å²) in [5, 5.41) is 15.7. The van der Waals surface area contributed by atoms with Gasteiger partial charge >= 0.3 is 5.97 Å². The Morgan fingerprint density at radius 1 is 1.08 bits per heavy atom. The zero-order valence-electron chi connectivity index (χ0n) is 22.8. The van der Waals surface area contributed by atoms with Crippen molar-refractivity contribution in [3.63, 3.8) is 0 Å². The third-order valence-electron chi connectivity index (χ3n) is 11.1. The van der Waals surface area contributed by atoms with E-state index in [9.17, 15) is 19.5 Å². The van der Waals surface area contributed by atoms with Gasteiger partial charge in [0.15, 0.2) is 12.4 Å². The van der Waals surface area contributed by atoms with Crippen molar-refractivity contribution < 1.29 is 29.1 Å². The minimum Gasteiger partial charge on any atom is -0.467 e. The minimum atomic E-state index is -1.17. The first-order valence-electron chi connectivity index (χ1n) is 14.1. The van der Waals surface area contributed by atoms with Crippen LogP contribution in [0.5, 0.6) is 0 Å². The fraction of sp³-hybridized carbons (Fsp3) is 0.793. The van der Waals surface area contributed by atoms with Crippen LogP contribution < -0.4 is 0 Å². The van der Waals surface area contributed by atoms with Gasteiger partial charge in [-0.1, -0.05) is 24.6 Å². The molecule has 1 aliphatic heterocycles. The molecule has 1 N–H and O–H groups in total. The van der Waals surface area contributed by atoms with Gasteiger partial charge in [-0.3, -0.25) is 9.59 Å². The number of allylic oxidation sites excluding steroid dienone is 2. The second-order valence-electron chi connectivity index (χ2n) is 12.5. The average Bonchev–Trinajstić information content (AvgIpc) is 3.47. The topological polar surface area (TPSA) is 106 Å². The summed E-state index contributed by atoms with van der Waals surface area (Å²) in [4.78, 5) is 44.0. The number of methoxy groups -OCH3 is 1. The van der Waals surface area contributed by atoms with Crippen LogP contribution >= 0.6 is 0 Å². The number of ether oxygens (including phenoxy) is 1. The van der Waals surface area contributed by atoms with Crippen molar-refractivity contribution in [2.24, 2.45) is 33.7 Å². The summed E-state index contributed by atoms with van der Waals surface area (Å²) in [5.41, 5.74) is 0.896. The van der Waals surface area contributed by atoms with Gasteiger partial charge in [0, 0.05) is 12.0 Å². The Hall–Kier alpha value is -2.22. The summed E-state index contributed by atoms with van der Waals surface area (Å²) in [6, 6.07) is -0.523. The number of carbonyl (C=O) groups is 3. The molecule has 8 nitrogen and oxygen atoms in total. The predicted octanol–water partition coefficient (Wildman–Crippen LogP) is 3.81. The lowest BCUT2D eigenvalue weighted by molar-refractivity contribution is -0.159. The Balaban J connectivity index is 1.25. The van der Waals surface area contributed by atoms with E-state index in [4.69, 9.17) is 9.57 Å². The number of Topliss-reactive ketones (excluding diaryl/α,β-unsaturated/α-hetero) is 1. The molecule has 7 atom stereocenters. The van der Waals surface area contributed by atoms with Crippen LogP contribution in [0.1, 0.15) is 85.0 Å². The van der Waals surface area contributed by atoms with Gasteiger partial charge in [-0.25, -0.2) is 4.79 Å². The van der Waals surface area contributed by atoms with E-state index >= 15 is 0 Å². The van der Waals surface area contributed by atoms with Crippen LogP contribution in [0.4, 0.5) is 0 Å². The smallest absolute Gasteiger partial charge is 0.328 e. The maximum absolute atomic E-state index is 12.6. The molecule has 5 rings (SSSR count). The quantitative estimate of drug-likeness (QED) is 0.442. The van der Waals surface area contributed by atoms with E-state index < -0.39 is 11.6 Å². The molecule has 1 saturated heterocycles. The molecule has 0 aromatic rings. The molecule has 5 aliphatic rings. The van der Waals surface area contributed by atoms with Crippen LogP contribution in [0.25, 0.3) is 0 Å². The molecule has 4 fully saturated rings. The lowest BCUT2D eigenvalue weighted by Crippen LogP contribution is -2.57. The van der Waals surface area contributed by atoms with E-state index in [1.165, 1.54) is 17.6 Å². The standard InChI is InChI=1S/C29H42N2O6/c1-18(32)29(35)14-11-23-21-8-7-19-16-20(9-12-27(19,2)22(21)10-13-28(23,29)3)30-37-17-25(33)31-15-5-6-24(31)26(34)36-4/h16,21-24,35H,5-15,17H2,1-4H3/b30-20-/t21-,22-,23-,24+,27-,28-,29-/m0/s1. The van der Waals surface area contributed by atoms with Crippen molar-refractivity contribution in [1.82, 2.24) is 4.90 Å². The van der Waals surface area contributed by atoms with E-state index in [0.29, 0.717) is 37.1 Å². The summed E-state index contributed by atoms with van der Waals surface area (Å²) < 4.78 is 4.82. The number of rotatable bonds is 5. The normalized spacial score (nSPS) is 41.9. The third-order valence-corrected chi connectivity index (χ3v) is 11.1. The third kappa shape index (κ3) is 4.05. The molecule has 4 aliphatic carbocycles. The number of likely N-dealkylation sites (tertiary alicyclic amines) is 1. The zero-order chi connectivity index (χ0) is 26.6. The molecule has 204 valence electrons. The summed E-state index contributed by atoms with van der Waals surface area (Å²) in [6.07, 6.45) is 10.9. The Morgan fingerprint density at radius 3 is 2.57 bits per heavy atom. The van der Waals surface area contributed by atoms with Crippen LogP contribution in [0.3, 0.4) is 0 Å². The molecule has 0 aromatic heterocycles. The number of carbonyl (C=O) groups excluding carboxylic acids is 3. The Morgan fingerprint density at radius 2 is 1.84 bits per heavy atom. The highest BCUT2D eigenvalue weighted by atomic mass is 16.6. The van der Waals surface area contributed by atoms with Gasteiger partial charge in [-0.15, -0.1) is 0 Å². The average molecular weight is 515 g/mol. The van der Waals surface area contributed by atoms with Gasteiger partial charge in [0.1, 0.15) is 11.6 Å². The van der Waals surface area contributed by atoms with Gasteiger partial charge in [0.05, 0.1) is 12.8 Å². The number of hydrogen-bond acceptors (Lipinski definition) is 7. The number of nitrogens with zero attached hydrogens (tertiary/aromatic N) is 2. The molecule has 37 heavy (non-hydrogen) atoms. The van der Waals surface area contributed by atoms with E-state index in [-0.39, 0.29) is 35.1 Å². The van der Waals surface area contributed by atoms with E-state index in [0.717, 1.165) is 57.1 Å². The second kappa shape index (κ2) is 9.51. The molecule has 0 spiro atoms. The molecule has 0 unspecified atom stereocenters. The van der Waals surface area contributed by atoms with E-state index in [1.54, 1.807) is 6.92 Å². The van der Waals surface area contributed by atoms with Crippen molar-refractivity contribution in [3.05, 3.63) is 11.6 Å². The van der Waals surface area contributed by atoms with Gasteiger partial charge in [0.25, 0.3) is 5.91 Å². The molecule has 0 bridgehead atoms. The number of fused-ring (bicyclic) bond motifs is 5. The first-order chi connectivity index (χ1) is 17.5. The van der Waals surface area contributed by atoms with Crippen LogP contribution in [0, 0.1) is 28.6 Å². The number of aliphatic hydroxyl groups is 1. The van der Waals surface area contributed by atoms with Gasteiger partial charge in [-0.05, 0) is 100 Å². The molecule has 0 aromatic carbocycles. The molecule has 1 heterocycles. The maximum atomic E-state index is 12.6. The summed E-state index contributed by atoms with van der Waals surface area (Å²) in [5.74, 6) is 0.789. The lowest BCUT2D eigenvalue weighted by Gasteiger charge is -2.59. The van der Waals surface area contributed by atoms with Gasteiger partial charge < -0.3 is 19.6 Å². The Labute approximate surface area is 219 Å². The molecule has 0 radical (unpaired) electrons. The molecule has 8 heteroatoms. The number of amides is 1. The van der Waals surface area contributed by atoms with Crippen molar-refractivity contribution in [1.29, 1.82) is 0 Å². The fourth-order valence-electron chi connectivity index (χ4n) is 8.94. The van der Waals surface area contributed by atoms with Crippen LogP contribution in [-0.2, 0) is 24.0 Å². The number of esters is 1. The van der Waals surface area contributed by atoms with Crippen molar-refractivity contribution >= 4 is 23.4 Å². The minimum absolute atomic E-state index is 0.0684. The van der Waals surface area contributed by atoms with Crippen LogP contribution in [-0.4, -0.2) is 65.3 Å². The SMILES string of the molecule is COC(=O)[C@H]1CCCN1C(=O)CO/N=C1\C=C2CC[C@H]3[C@H](CC[C@@]4(C)[C@H]3CC[C@]4(O)C(C)=O)[C@@]2(C)CC1. The summed E-state index contributed by atoms with van der Waals surface area (Å²) in [6.45, 7) is 6.47. The zero-order valence-corrected chi connectivity index (χ0v) is 22.8. The second-order valence-corrected chi connectivity index (χ2v) is 12.5. The predicted molar refractivity (Wildman–Crippen MR) is 137 cm³/mol. The highest BCUT2D eigenvalue weighted by Gasteiger charge is 2.65. The van der Waals surface area contributed by atoms with Crippen molar-refractivity contribution in [2.75, 3.05) is 20.3 Å². The highest BCUT2D eigenvalue weighted by molar-refractivity contribution is 5.96. The first-order valence-corrected chi connectivity index (χ1v) is 14.1. The van der Waals surface area contributed by atoms with Crippen LogP contribution in [0.2, 0.25) is 0 Å². The van der Waals surface area contributed by atoms with Crippen LogP contribution in [0.15, 0.2) is 16.8 Å². The largest absolute Gasteiger partial charge is 0.467 e. The highest BCUT2D eigenvalue weighted by Crippen LogP contribution is 2.67. The first kappa shape index (κ1) is 26.4. The number of oxime groups is 1. The van der Waals surface area contributed by atoms with E-state index in [2.05, 4.69) is 25.1 Å². The van der Waals surface area contributed by atoms with Crippen molar-refractivity contribution in [2.45, 2.75) is 96.6 Å². The number of hydrogen-bond donors (Lipinski definition) is 1. The Kier molecular flexibility index (Phi) is 6.78. The van der Waals surface area contributed by atoms with E-state index in [1.807, 2.05) is 0 Å². The Bertz CT molecular complexity index is 1040. The molecular weight excluding hydrogens is 472 g/mol. The van der Waals surface area contributed by atoms with Gasteiger partial charge in [0.2, 0.25) is 0 Å². The lowest BCUT2D eigenvalue weighted by atomic mass is 9.46. The molecular formula is C29H42N2O6. The maximum Gasteiger partial charge on any atom is 0.328 e. The fourth-order valence-corrected chi connectivity index (χ4v) is 8.94. The monoisotopic (exact) mass is 514 g/mol. The molecule has 3 saturated carbocycles. The summed E-state index contributed by atoms with van der Waals surface area (Å²) in [7, 11) is 1.34. The summed E-state index contributed by atoms with van der Waals surface area (Å²) >= 11 is 0. The molecule has 1 amide bonds. The van der Waals surface area contributed by atoms with Crippen molar-refractivity contribution in [3.8, 4) is 0 Å². The number of ketones is 1. The van der Waals surface area contributed by atoms with Gasteiger partial charge in [-0.2, -0.15) is 0 Å².